The lowest BCUT2D eigenvalue weighted by molar-refractivity contribution is 0.202. The number of aromatic nitrogens is 3. The molecule has 2 heterocycles. The molecule has 0 atom stereocenters. The van der Waals surface area contributed by atoms with Gasteiger partial charge in [0.15, 0.2) is 0 Å². The van der Waals surface area contributed by atoms with E-state index in [-0.39, 0.29) is 6.03 Å². The van der Waals surface area contributed by atoms with Crippen molar-refractivity contribution in [1.29, 1.82) is 0 Å². The van der Waals surface area contributed by atoms with Gasteiger partial charge in [-0.05, 0) is 12.1 Å². The first kappa shape index (κ1) is 13.9. The van der Waals surface area contributed by atoms with Gasteiger partial charge in [-0.1, -0.05) is 23.4 Å². The maximum Gasteiger partial charge on any atom is 0.317 e. The number of nitrogens with zero attached hydrogens (tertiary/aromatic N) is 4. The monoisotopic (exact) mass is 303 g/mol. The zero-order valence-electron chi connectivity index (χ0n) is 11.6. The summed E-state index contributed by atoms with van der Waals surface area (Å²) in [6, 6.07) is 9.76. The van der Waals surface area contributed by atoms with Gasteiger partial charge in [-0.3, -0.25) is 0 Å². The second-order valence-electron chi connectivity index (χ2n) is 4.75. The highest BCUT2D eigenvalue weighted by molar-refractivity contribution is 7.99. The highest BCUT2D eigenvalue weighted by Gasteiger charge is 2.16. The molecule has 3 rings (SSSR count). The Morgan fingerprint density at radius 3 is 2.76 bits per heavy atom. The first-order valence-electron chi connectivity index (χ1n) is 6.90. The van der Waals surface area contributed by atoms with E-state index in [1.54, 1.807) is 4.68 Å². The Bertz CT molecular complexity index is 594. The van der Waals surface area contributed by atoms with Gasteiger partial charge >= 0.3 is 6.03 Å². The van der Waals surface area contributed by atoms with E-state index >= 15 is 0 Å². The van der Waals surface area contributed by atoms with Gasteiger partial charge < -0.3 is 10.2 Å². The Morgan fingerprint density at radius 1 is 1.24 bits per heavy atom. The Morgan fingerprint density at radius 2 is 2.00 bits per heavy atom. The zero-order valence-corrected chi connectivity index (χ0v) is 12.4. The molecule has 2 amide bonds. The Labute approximate surface area is 127 Å². The first-order valence-corrected chi connectivity index (χ1v) is 8.05. The second kappa shape index (κ2) is 6.62. The third-order valence-corrected chi connectivity index (χ3v) is 4.22. The molecule has 1 aromatic carbocycles. The number of amides is 2. The fourth-order valence-corrected chi connectivity index (χ4v) is 3.03. The van der Waals surface area contributed by atoms with Crippen LogP contribution in [0, 0.1) is 0 Å². The molecule has 1 saturated heterocycles. The molecule has 1 aromatic heterocycles. The number of para-hydroxylation sites is 1. The molecule has 1 aliphatic rings. The molecule has 21 heavy (non-hydrogen) atoms. The van der Waals surface area contributed by atoms with Crippen molar-refractivity contribution in [3.8, 4) is 5.69 Å². The van der Waals surface area contributed by atoms with Crippen molar-refractivity contribution in [2.24, 2.45) is 0 Å². The molecule has 7 heteroatoms. The molecule has 0 bridgehead atoms. The van der Waals surface area contributed by atoms with Gasteiger partial charge in [0.2, 0.25) is 0 Å². The summed E-state index contributed by atoms with van der Waals surface area (Å²) in [7, 11) is 0. The average molecular weight is 303 g/mol. The highest BCUT2D eigenvalue weighted by atomic mass is 32.2. The largest absolute Gasteiger partial charge is 0.332 e. The molecule has 0 saturated carbocycles. The zero-order chi connectivity index (χ0) is 14.5. The van der Waals surface area contributed by atoms with Crippen molar-refractivity contribution in [1.82, 2.24) is 25.2 Å². The fraction of sp³-hybridized carbons (Fsp3) is 0.357. The molecule has 110 valence electrons. The number of benzene rings is 1. The first-order chi connectivity index (χ1) is 10.3. The van der Waals surface area contributed by atoms with E-state index in [1.165, 1.54) is 0 Å². The number of carbonyl (C=O) groups excluding carboxylic acids is 1. The van der Waals surface area contributed by atoms with Crippen molar-refractivity contribution in [2.75, 3.05) is 24.6 Å². The lowest BCUT2D eigenvalue weighted by Crippen LogP contribution is -2.44. The van der Waals surface area contributed by atoms with E-state index in [0.717, 1.165) is 36.0 Å². The summed E-state index contributed by atoms with van der Waals surface area (Å²) >= 11 is 1.88. The van der Waals surface area contributed by atoms with Crippen molar-refractivity contribution >= 4 is 17.8 Å². The van der Waals surface area contributed by atoms with Crippen LogP contribution in [-0.2, 0) is 6.54 Å². The van der Waals surface area contributed by atoms with Crippen molar-refractivity contribution < 1.29 is 4.79 Å². The van der Waals surface area contributed by atoms with E-state index < -0.39 is 0 Å². The predicted octanol–water partition coefficient (Wildman–Crippen LogP) is 1.53. The molecule has 2 aromatic rings. The van der Waals surface area contributed by atoms with Crippen LogP contribution in [-0.4, -0.2) is 50.5 Å². The maximum atomic E-state index is 12.0. The van der Waals surface area contributed by atoms with Crippen LogP contribution < -0.4 is 5.32 Å². The van der Waals surface area contributed by atoms with Crippen LogP contribution in [0.2, 0.25) is 0 Å². The van der Waals surface area contributed by atoms with Gasteiger partial charge in [-0.25, -0.2) is 9.48 Å². The van der Waals surface area contributed by atoms with Gasteiger partial charge in [0.25, 0.3) is 0 Å². The third-order valence-electron chi connectivity index (χ3n) is 3.28. The summed E-state index contributed by atoms with van der Waals surface area (Å²) in [4.78, 5) is 13.8. The molecule has 1 N–H and O–H groups in total. The Kier molecular flexibility index (Phi) is 4.40. The van der Waals surface area contributed by atoms with Crippen LogP contribution in [0.5, 0.6) is 0 Å². The van der Waals surface area contributed by atoms with Gasteiger partial charge in [-0.15, -0.1) is 5.10 Å². The number of hydrogen-bond acceptors (Lipinski definition) is 4. The van der Waals surface area contributed by atoms with Gasteiger partial charge in [0, 0.05) is 24.6 Å². The second-order valence-corrected chi connectivity index (χ2v) is 5.97. The van der Waals surface area contributed by atoms with Crippen LogP contribution in [0.25, 0.3) is 5.69 Å². The van der Waals surface area contributed by atoms with Crippen molar-refractivity contribution in [3.63, 3.8) is 0 Å². The molecule has 0 spiro atoms. The quantitative estimate of drug-likeness (QED) is 0.934. The highest BCUT2D eigenvalue weighted by Crippen LogP contribution is 2.09. The normalized spacial score (nSPS) is 15.0. The number of hydrogen-bond donors (Lipinski definition) is 1. The third kappa shape index (κ3) is 3.55. The topological polar surface area (TPSA) is 63.1 Å². The van der Waals surface area contributed by atoms with E-state index in [4.69, 9.17) is 0 Å². The molecule has 1 fully saturated rings. The van der Waals surface area contributed by atoms with Gasteiger partial charge in [0.1, 0.15) is 5.69 Å². The fourth-order valence-electron chi connectivity index (χ4n) is 2.13. The molecular formula is C14H17N5OS. The average Bonchev–Trinajstić information content (AvgIpc) is 3.03. The number of urea groups is 1. The van der Waals surface area contributed by atoms with Gasteiger partial charge in [0.05, 0.1) is 18.4 Å². The SMILES string of the molecule is O=C(NCc1cn(-c2ccccc2)nn1)N1CCSCC1. The predicted molar refractivity (Wildman–Crippen MR) is 82.5 cm³/mol. The van der Waals surface area contributed by atoms with Crippen molar-refractivity contribution in [2.45, 2.75) is 6.54 Å². The standard InChI is InChI=1S/C14H17N5OS/c20-14(18-6-8-21-9-7-18)15-10-12-11-19(17-16-12)13-4-2-1-3-5-13/h1-5,11H,6-10H2,(H,15,20). The maximum absolute atomic E-state index is 12.0. The number of carbonyl (C=O) groups is 1. The minimum Gasteiger partial charge on any atom is -0.332 e. The van der Waals surface area contributed by atoms with Gasteiger partial charge in [-0.2, -0.15) is 11.8 Å². The molecule has 0 radical (unpaired) electrons. The minimum absolute atomic E-state index is 0.0236. The molecule has 0 unspecified atom stereocenters. The number of thioether (sulfide) groups is 1. The van der Waals surface area contributed by atoms with Crippen LogP contribution in [0.1, 0.15) is 5.69 Å². The summed E-state index contributed by atoms with van der Waals surface area (Å²) in [6.07, 6.45) is 1.83. The lowest BCUT2D eigenvalue weighted by atomic mass is 10.3. The van der Waals surface area contributed by atoms with E-state index in [0.29, 0.717) is 6.54 Å². The number of nitrogens with one attached hydrogen (secondary N) is 1. The van der Waals surface area contributed by atoms with Crippen LogP contribution in [0.15, 0.2) is 36.5 Å². The smallest absolute Gasteiger partial charge is 0.317 e. The summed E-state index contributed by atoms with van der Waals surface area (Å²) in [6.45, 7) is 2.02. The Hall–Kier alpha value is -2.02. The summed E-state index contributed by atoms with van der Waals surface area (Å²) in [5, 5.41) is 11.1. The molecule has 0 aliphatic carbocycles. The number of rotatable bonds is 3. The molecule has 1 aliphatic heterocycles. The van der Waals surface area contributed by atoms with Crippen molar-refractivity contribution in [3.05, 3.63) is 42.2 Å². The molecular weight excluding hydrogens is 286 g/mol. The van der Waals surface area contributed by atoms with Crippen LogP contribution in [0.4, 0.5) is 4.79 Å². The van der Waals surface area contributed by atoms with Crippen LogP contribution in [0.3, 0.4) is 0 Å². The Balaban J connectivity index is 1.56. The lowest BCUT2D eigenvalue weighted by Gasteiger charge is -2.26. The van der Waals surface area contributed by atoms with E-state index in [1.807, 2.05) is 53.2 Å². The summed E-state index contributed by atoms with van der Waals surface area (Å²) in [5.74, 6) is 2.02. The molecule has 6 nitrogen and oxygen atoms in total. The summed E-state index contributed by atoms with van der Waals surface area (Å²) < 4.78 is 1.71. The van der Waals surface area contributed by atoms with E-state index in [2.05, 4.69) is 15.6 Å². The summed E-state index contributed by atoms with van der Waals surface area (Å²) in [5.41, 5.74) is 1.70. The van der Waals surface area contributed by atoms with E-state index in [9.17, 15) is 4.79 Å². The van der Waals surface area contributed by atoms with Crippen LogP contribution >= 0.6 is 11.8 Å². The minimum atomic E-state index is -0.0236.